The Hall–Kier alpha value is -2.60. The van der Waals surface area contributed by atoms with E-state index in [1.54, 1.807) is 49.8 Å². The zero-order chi connectivity index (χ0) is 24.3. The van der Waals surface area contributed by atoms with Crippen LogP contribution in [0.4, 0.5) is 5.13 Å². The first-order valence-electron chi connectivity index (χ1n) is 10.5. The summed E-state index contributed by atoms with van der Waals surface area (Å²) < 4.78 is 22.7. The van der Waals surface area contributed by atoms with E-state index in [9.17, 15) is 9.59 Å². The van der Waals surface area contributed by atoms with E-state index in [1.165, 1.54) is 23.1 Å². The van der Waals surface area contributed by atoms with Crippen molar-refractivity contribution in [2.75, 3.05) is 31.4 Å². The number of amides is 1. The monoisotopic (exact) mass is 522 g/mol. The third kappa shape index (κ3) is 8.32. The van der Waals surface area contributed by atoms with E-state index in [1.807, 2.05) is 23.8 Å². The molecule has 0 saturated carbocycles. The molecule has 11 heteroatoms. The van der Waals surface area contributed by atoms with Gasteiger partial charge in [0.05, 0.1) is 29.4 Å². The van der Waals surface area contributed by atoms with Crippen LogP contribution < -0.4 is 14.8 Å². The van der Waals surface area contributed by atoms with Gasteiger partial charge in [-0.25, -0.2) is 4.98 Å². The molecule has 2 heterocycles. The van der Waals surface area contributed by atoms with Crippen molar-refractivity contribution < 1.29 is 28.5 Å². The SMILES string of the molecule is CCOC(=O)CSc1cnc(NC(=O)c2cc(OCc3ccsc3)cc(O[C@@H](C)COC)c2)s1. The number of hydrogen-bond acceptors (Lipinski definition) is 10. The summed E-state index contributed by atoms with van der Waals surface area (Å²) in [5, 5.41) is 7.22. The Bertz CT molecular complexity index is 1070. The summed E-state index contributed by atoms with van der Waals surface area (Å²) >= 11 is 4.19. The second-order valence-corrected chi connectivity index (χ2v) is 10.1. The standard InChI is InChI=1S/C23H26N2O6S3/c1-4-29-20(26)14-33-21-10-24-23(34-21)25-22(27)17-7-18(30-12-16-5-6-32-13-16)9-19(8-17)31-15(2)11-28-3/h5-10,13,15H,4,11-12,14H2,1-3H3,(H,24,25,27)/t15-/m0/s1. The Morgan fingerprint density at radius 3 is 2.79 bits per heavy atom. The van der Waals surface area contributed by atoms with Crippen molar-refractivity contribution in [1.82, 2.24) is 4.98 Å². The van der Waals surface area contributed by atoms with E-state index in [0.29, 0.717) is 42.0 Å². The fourth-order valence-corrected chi connectivity index (χ4v) is 5.10. The molecule has 2 aromatic heterocycles. The molecule has 0 unspecified atom stereocenters. The normalized spacial score (nSPS) is 11.6. The highest BCUT2D eigenvalue weighted by atomic mass is 32.2. The minimum Gasteiger partial charge on any atom is -0.489 e. The van der Waals surface area contributed by atoms with Crippen molar-refractivity contribution in [3.63, 3.8) is 0 Å². The van der Waals surface area contributed by atoms with E-state index < -0.39 is 0 Å². The number of nitrogens with zero attached hydrogens (tertiary/aromatic N) is 1. The van der Waals surface area contributed by atoms with Gasteiger partial charge in [0, 0.05) is 18.7 Å². The molecule has 182 valence electrons. The molecule has 34 heavy (non-hydrogen) atoms. The molecule has 3 rings (SSSR count). The maximum atomic E-state index is 13.0. The molecule has 1 atom stereocenters. The molecule has 3 aromatic rings. The van der Waals surface area contributed by atoms with Crippen LogP contribution in [0.2, 0.25) is 0 Å². The fourth-order valence-electron chi connectivity index (χ4n) is 2.78. The number of nitrogens with one attached hydrogen (secondary N) is 1. The number of carbonyl (C=O) groups excluding carboxylic acids is 2. The van der Waals surface area contributed by atoms with Gasteiger partial charge in [-0.3, -0.25) is 14.9 Å². The topological polar surface area (TPSA) is 96.0 Å². The second kappa shape index (κ2) is 13.3. The molecule has 8 nitrogen and oxygen atoms in total. The highest BCUT2D eigenvalue weighted by molar-refractivity contribution is 8.01. The van der Waals surface area contributed by atoms with E-state index in [0.717, 1.165) is 9.77 Å². The van der Waals surface area contributed by atoms with Gasteiger partial charge in [0.1, 0.15) is 24.2 Å². The van der Waals surface area contributed by atoms with Crippen LogP contribution in [0, 0.1) is 0 Å². The number of benzene rings is 1. The summed E-state index contributed by atoms with van der Waals surface area (Å²) in [6.45, 7) is 4.78. The van der Waals surface area contributed by atoms with Crippen molar-refractivity contribution in [2.45, 2.75) is 30.8 Å². The molecule has 0 aliphatic heterocycles. The second-order valence-electron chi connectivity index (χ2n) is 7.03. The highest BCUT2D eigenvalue weighted by Crippen LogP contribution is 2.30. The molecular weight excluding hydrogens is 496 g/mol. The van der Waals surface area contributed by atoms with Gasteiger partial charge in [0.25, 0.3) is 5.91 Å². The molecule has 0 aliphatic rings. The van der Waals surface area contributed by atoms with Crippen molar-refractivity contribution >= 4 is 51.4 Å². The molecule has 0 fully saturated rings. The Kier molecular flexibility index (Phi) is 10.2. The van der Waals surface area contributed by atoms with Crippen LogP contribution in [0.5, 0.6) is 11.5 Å². The van der Waals surface area contributed by atoms with Crippen LogP contribution in [-0.2, 0) is 20.9 Å². The molecule has 1 amide bonds. The number of hydrogen-bond donors (Lipinski definition) is 1. The number of rotatable bonds is 13. The minimum absolute atomic E-state index is 0.188. The number of thiophene rings is 1. The van der Waals surface area contributed by atoms with E-state index in [4.69, 9.17) is 18.9 Å². The number of aromatic nitrogens is 1. The maximum Gasteiger partial charge on any atom is 0.316 e. The quantitative estimate of drug-likeness (QED) is 0.245. The third-order valence-electron chi connectivity index (χ3n) is 4.21. The van der Waals surface area contributed by atoms with Crippen molar-refractivity contribution in [3.8, 4) is 11.5 Å². The molecule has 0 bridgehead atoms. The number of esters is 1. The molecule has 0 aliphatic carbocycles. The van der Waals surface area contributed by atoms with Gasteiger partial charge < -0.3 is 18.9 Å². The van der Waals surface area contributed by atoms with E-state index in [-0.39, 0.29) is 23.7 Å². The number of methoxy groups -OCH3 is 1. The first-order chi connectivity index (χ1) is 16.5. The van der Waals surface area contributed by atoms with Gasteiger partial charge in [0.15, 0.2) is 5.13 Å². The molecular formula is C23H26N2O6S3. The molecule has 1 aromatic carbocycles. The van der Waals surface area contributed by atoms with Crippen LogP contribution >= 0.6 is 34.4 Å². The van der Waals surface area contributed by atoms with Crippen molar-refractivity contribution in [2.24, 2.45) is 0 Å². The van der Waals surface area contributed by atoms with Crippen molar-refractivity contribution in [3.05, 3.63) is 52.3 Å². The van der Waals surface area contributed by atoms with Crippen LogP contribution in [-0.4, -0.2) is 49.0 Å². The average Bonchev–Trinajstić information content (AvgIpc) is 3.48. The zero-order valence-electron chi connectivity index (χ0n) is 19.1. The minimum atomic E-state index is -0.346. The number of thiazole rings is 1. The number of carbonyl (C=O) groups is 2. The Morgan fingerprint density at radius 1 is 1.24 bits per heavy atom. The van der Waals surface area contributed by atoms with E-state index >= 15 is 0 Å². The summed E-state index contributed by atoms with van der Waals surface area (Å²) in [5.41, 5.74) is 1.42. The molecule has 0 saturated heterocycles. The van der Waals surface area contributed by atoms with Crippen LogP contribution in [0.25, 0.3) is 0 Å². The Labute approximate surface area is 210 Å². The molecule has 0 spiro atoms. The summed E-state index contributed by atoms with van der Waals surface area (Å²) in [6.07, 6.45) is 1.41. The van der Waals surface area contributed by atoms with Crippen LogP contribution in [0.15, 0.2) is 45.4 Å². The summed E-state index contributed by atoms with van der Waals surface area (Å²) in [5.74, 6) is 0.570. The number of anilines is 1. The predicted octanol–water partition coefficient (Wildman–Crippen LogP) is 5.10. The van der Waals surface area contributed by atoms with Crippen LogP contribution in [0.1, 0.15) is 29.8 Å². The van der Waals surface area contributed by atoms with Gasteiger partial charge in [-0.05, 0) is 48.4 Å². The molecule has 0 radical (unpaired) electrons. The van der Waals surface area contributed by atoms with Gasteiger partial charge >= 0.3 is 5.97 Å². The lowest BCUT2D eigenvalue weighted by Crippen LogP contribution is -2.18. The highest BCUT2D eigenvalue weighted by Gasteiger charge is 2.15. The fraction of sp³-hybridized carbons (Fsp3) is 0.348. The average molecular weight is 523 g/mol. The Balaban J connectivity index is 1.69. The lowest BCUT2D eigenvalue weighted by atomic mass is 10.2. The summed E-state index contributed by atoms with van der Waals surface area (Å²) in [4.78, 5) is 28.7. The largest absolute Gasteiger partial charge is 0.489 e. The summed E-state index contributed by atoms with van der Waals surface area (Å²) in [6, 6.07) is 7.06. The number of thioether (sulfide) groups is 1. The van der Waals surface area contributed by atoms with Crippen LogP contribution in [0.3, 0.4) is 0 Å². The predicted molar refractivity (Wildman–Crippen MR) is 134 cm³/mol. The van der Waals surface area contributed by atoms with Gasteiger partial charge in [0.2, 0.25) is 0 Å². The van der Waals surface area contributed by atoms with Gasteiger partial charge in [-0.15, -0.1) is 11.8 Å². The first-order valence-corrected chi connectivity index (χ1v) is 13.2. The third-order valence-corrected chi connectivity index (χ3v) is 7.02. The van der Waals surface area contributed by atoms with Gasteiger partial charge in [-0.1, -0.05) is 11.3 Å². The maximum absolute atomic E-state index is 13.0. The molecule has 1 N–H and O–H groups in total. The van der Waals surface area contributed by atoms with E-state index in [2.05, 4.69) is 10.3 Å². The number of ether oxygens (including phenoxy) is 4. The van der Waals surface area contributed by atoms with Crippen molar-refractivity contribution in [1.29, 1.82) is 0 Å². The lowest BCUT2D eigenvalue weighted by Gasteiger charge is -2.16. The first kappa shape index (κ1) is 26.0. The Morgan fingerprint density at radius 2 is 2.06 bits per heavy atom. The zero-order valence-corrected chi connectivity index (χ0v) is 21.5. The smallest absolute Gasteiger partial charge is 0.316 e. The van der Waals surface area contributed by atoms with Gasteiger partial charge in [-0.2, -0.15) is 11.3 Å². The summed E-state index contributed by atoms with van der Waals surface area (Å²) in [7, 11) is 1.60. The lowest BCUT2D eigenvalue weighted by molar-refractivity contribution is -0.139.